The van der Waals surface area contributed by atoms with Gasteiger partial charge in [0.05, 0.1) is 19.1 Å². The number of rotatable bonds is 3. The number of pyridine rings is 1. The summed E-state index contributed by atoms with van der Waals surface area (Å²) in [6.07, 6.45) is 3.60. The number of nitrogens with zero attached hydrogens (tertiary/aromatic N) is 1. The van der Waals surface area contributed by atoms with Crippen LogP contribution in [0.4, 0.5) is 5.69 Å². The number of hydrogen-bond acceptors (Lipinski definition) is 5. The maximum atomic E-state index is 11.2. The van der Waals surface area contributed by atoms with Crippen molar-refractivity contribution < 1.29 is 17.9 Å². The Labute approximate surface area is 87.3 Å². The fourth-order valence-corrected chi connectivity index (χ4v) is 1.53. The molecule has 0 fully saturated rings. The van der Waals surface area contributed by atoms with Gasteiger partial charge in [-0.1, -0.05) is 0 Å². The fourth-order valence-electron chi connectivity index (χ4n) is 0.956. The minimum Gasteiger partial charge on any atom is -0.465 e. The molecule has 0 amide bonds. The molecule has 0 atom stereocenters. The molecule has 0 saturated carbocycles. The van der Waals surface area contributed by atoms with Crippen LogP contribution in [0.3, 0.4) is 0 Å². The van der Waals surface area contributed by atoms with Crippen molar-refractivity contribution in [2.45, 2.75) is 0 Å². The summed E-state index contributed by atoms with van der Waals surface area (Å²) in [5.41, 5.74) is 0.227. The summed E-state index contributed by atoms with van der Waals surface area (Å²) in [6, 6.07) is 1.38. The Hall–Kier alpha value is -1.63. The van der Waals surface area contributed by atoms with E-state index in [0.29, 0.717) is 0 Å². The van der Waals surface area contributed by atoms with E-state index in [2.05, 4.69) is 14.4 Å². The van der Waals surface area contributed by atoms with E-state index < -0.39 is 16.0 Å². The summed E-state index contributed by atoms with van der Waals surface area (Å²) in [7, 11) is -2.22. The van der Waals surface area contributed by atoms with Gasteiger partial charge >= 0.3 is 5.97 Å². The van der Waals surface area contributed by atoms with Crippen LogP contribution >= 0.6 is 0 Å². The van der Waals surface area contributed by atoms with E-state index in [1.807, 2.05) is 0 Å². The molecule has 0 spiro atoms. The highest BCUT2D eigenvalue weighted by atomic mass is 32.2. The van der Waals surface area contributed by atoms with Gasteiger partial charge in [0.1, 0.15) is 5.56 Å². The largest absolute Gasteiger partial charge is 0.465 e. The van der Waals surface area contributed by atoms with Crippen LogP contribution < -0.4 is 4.72 Å². The number of aromatic nitrogens is 1. The SMILES string of the molecule is COC(=O)c1cnccc1NS(C)(=O)=O. The molecule has 0 saturated heterocycles. The van der Waals surface area contributed by atoms with Crippen molar-refractivity contribution in [3.8, 4) is 0 Å². The zero-order chi connectivity index (χ0) is 11.5. The Bertz CT molecular complexity index is 469. The lowest BCUT2D eigenvalue weighted by atomic mass is 10.2. The first-order chi connectivity index (χ1) is 6.94. The molecule has 0 aliphatic carbocycles. The first kappa shape index (κ1) is 11.4. The van der Waals surface area contributed by atoms with Gasteiger partial charge in [-0.2, -0.15) is 0 Å². The second kappa shape index (κ2) is 4.26. The monoisotopic (exact) mass is 230 g/mol. The van der Waals surface area contributed by atoms with Gasteiger partial charge in [0, 0.05) is 12.4 Å². The van der Waals surface area contributed by atoms with Crippen molar-refractivity contribution in [1.29, 1.82) is 0 Å². The molecule has 1 rings (SSSR count). The van der Waals surface area contributed by atoms with Crippen LogP contribution in [-0.4, -0.2) is 32.7 Å². The molecule has 0 unspecified atom stereocenters. The van der Waals surface area contributed by atoms with Crippen LogP contribution in [0.25, 0.3) is 0 Å². The lowest BCUT2D eigenvalue weighted by Crippen LogP contribution is -2.14. The average molecular weight is 230 g/mol. The number of carbonyl (C=O) groups excluding carboxylic acids is 1. The van der Waals surface area contributed by atoms with Gasteiger partial charge in [-0.25, -0.2) is 13.2 Å². The highest BCUT2D eigenvalue weighted by Gasteiger charge is 2.13. The quantitative estimate of drug-likeness (QED) is 0.752. The van der Waals surface area contributed by atoms with Crippen LogP contribution in [0.15, 0.2) is 18.5 Å². The summed E-state index contributed by atoms with van der Waals surface area (Å²) >= 11 is 0. The van der Waals surface area contributed by atoms with E-state index in [9.17, 15) is 13.2 Å². The third kappa shape index (κ3) is 3.21. The molecule has 0 radical (unpaired) electrons. The van der Waals surface area contributed by atoms with Crippen LogP contribution in [0.5, 0.6) is 0 Å². The van der Waals surface area contributed by atoms with E-state index in [0.717, 1.165) is 6.26 Å². The van der Waals surface area contributed by atoms with E-state index >= 15 is 0 Å². The maximum absolute atomic E-state index is 11.2. The van der Waals surface area contributed by atoms with Gasteiger partial charge in [-0.15, -0.1) is 0 Å². The number of esters is 1. The highest BCUT2D eigenvalue weighted by Crippen LogP contribution is 2.15. The molecule has 0 bridgehead atoms. The Morgan fingerprint density at radius 2 is 2.20 bits per heavy atom. The zero-order valence-electron chi connectivity index (χ0n) is 8.22. The number of ether oxygens (including phenoxy) is 1. The molecule has 0 aromatic carbocycles. The maximum Gasteiger partial charge on any atom is 0.341 e. The Morgan fingerprint density at radius 3 is 2.73 bits per heavy atom. The third-order valence-electron chi connectivity index (χ3n) is 1.52. The average Bonchev–Trinajstić information content (AvgIpc) is 2.15. The minimum atomic E-state index is -3.43. The molecule has 0 aliphatic heterocycles. The molecule has 15 heavy (non-hydrogen) atoms. The zero-order valence-corrected chi connectivity index (χ0v) is 9.04. The van der Waals surface area contributed by atoms with Crippen LogP contribution in [-0.2, 0) is 14.8 Å². The number of sulfonamides is 1. The Morgan fingerprint density at radius 1 is 1.53 bits per heavy atom. The first-order valence-electron chi connectivity index (χ1n) is 3.94. The molecule has 82 valence electrons. The van der Waals surface area contributed by atoms with Crippen molar-refractivity contribution in [3.63, 3.8) is 0 Å². The molecule has 1 heterocycles. The van der Waals surface area contributed by atoms with Crippen LogP contribution in [0.1, 0.15) is 10.4 Å². The molecule has 7 heteroatoms. The van der Waals surface area contributed by atoms with Crippen molar-refractivity contribution in [2.24, 2.45) is 0 Å². The van der Waals surface area contributed by atoms with E-state index in [4.69, 9.17) is 0 Å². The second-order valence-corrected chi connectivity index (χ2v) is 4.54. The highest BCUT2D eigenvalue weighted by molar-refractivity contribution is 7.92. The molecule has 1 aromatic rings. The third-order valence-corrected chi connectivity index (χ3v) is 2.11. The Balaban J connectivity index is 3.13. The molecule has 1 N–H and O–H groups in total. The fraction of sp³-hybridized carbons (Fsp3) is 0.250. The summed E-state index contributed by atoms with van der Waals surface area (Å²) in [5, 5.41) is 0. The summed E-state index contributed by atoms with van der Waals surface area (Å²) in [5.74, 6) is -0.644. The second-order valence-electron chi connectivity index (χ2n) is 2.79. The van der Waals surface area contributed by atoms with E-state index in [1.54, 1.807) is 0 Å². The molecule has 6 nitrogen and oxygen atoms in total. The normalized spacial score (nSPS) is 10.8. The standard InChI is InChI=1S/C8H10N2O4S/c1-14-8(11)6-5-9-4-3-7(6)10-15(2,12)13/h3-5H,1-2H3,(H,9,10). The lowest BCUT2D eigenvalue weighted by Gasteiger charge is -2.07. The number of anilines is 1. The van der Waals surface area contributed by atoms with E-state index in [-0.39, 0.29) is 11.3 Å². The van der Waals surface area contributed by atoms with Gasteiger partial charge in [0.25, 0.3) is 0 Å². The van der Waals surface area contributed by atoms with Gasteiger partial charge in [-0.3, -0.25) is 9.71 Å². The van der Waals surface area contributed by atoms with Crippen LogP contribution in [0.2, 0.25) is 0 Å². The molecule has 1 aromatic heterocycles. The predicted octanol–water partition coefficient (Wildman–Crippen LogP) is 0.240. The van der Waals surface area contributed by atoms with Crippen LogP contribution in [0, 0.1) is 0 Å². The summed E-state index contributed by atoms with van der Waals surface area (Å²) in [6.45, 7) is 0. The van der Waals surface area contributed by atoms with Crippen molar-refractivity contribution >= 4 is 21.7 Å². The summed E-state index contributed by atoms with van der Waals surface area (Å²) in [4.78, 5) is 14.9. The predicted molar refractivity (Wildman–Crippen MR) is 54.0 cm³/mol. The van der Waals surface area contributed by atoms with Gasteiger partial charge in [-0.05, 0) is 6.07 Å². The van der Waals surface area contributed by atoms with Crippen molar-refractivity contribution in [1.82, 2.24) is 4.98 Å². The number of carbonyl (C=O) groups is 1. The molecular formula is C8H10N2O4S. The topological polar surface area (TPSA) is 85.4 Å². The summed E-state index contributed by atoms with van der Waals surface area (Å²) < 4.78 is 28.6. The molecule has 0 aliphatic rings. The van der Waals surface area contributed by atoms with E-state index in [1.165, 1.54) is 25.6 Å². The first-order valence-corrected chi connectivity index (χ1v) is 5.83. The Kier molecular flexibility index (Phi) is 3.25. The van der Waals surface area contributed by atoms with Crippen molar-refractivity contribution in [3.05, 3.63) is 24.0 Å². The lowest BCUT2D eigenvalue weighted by molar-refractivity contribution is 0.0601. The van der Waals surface area contributed by atoms with Crippen molar-refractivity contribution in [2.75, 3.05) is 18.1 Å². The smallest absolute Gasteiger partial charge is 0.341 e. The minimum absolute atomic E-state index is 0.0745. The van der Waals surface area contributed by atoms with Gasteiger partial charge in [0.2, 0.25) is 10.0 Å². The number of nitrogens with one attached hydrogen (secondary N) is 1. The number of methoxy groups -OCH3 is 1. The number of hydrogen-bond donors (Lipinski definition) is 1. The molecular weight excluding hydrogens is 220 g/mol. The van der Waals surface area contributed by atoms with Gasteiger partial charge < -0.3 is 4.74 Å². The van der Waals surface area contributed by atoms with Gasteiger partial charge in [0.15, 0.2) is 0 Å².